The van der Waals surface area contributed by atoms with Gasteiger partial charge in [-0.25, -0.2) is 9.78 Å². The van der Waals surface area contributed by atoms with E-state index in [0.29, 0.717) is 38.3 Å². The smallest absolute Gasteiger partial charge is 0.344 e. The zero-order valence-electron chi connectivity index (χ0n) is 23.9. The Morgan fingerprint density at radius 1 is 1.07 bits per heavy atom. The standard InChI is InChI=1S/C31H32BrN3O6/c1-7-40-29(36)17-41-28-15-24(32)20(13-27(28)39-6)16-33-35-30(34-25-11-9-8-10-21(25)31(35)37)23-14-22(18(2)3)26(38-5)12-19(23)4/h8-16,18H,7,17H2,1-6H3. The number of aryl methyl sites for hydroxylation is 1. The van der Waals surface area contributed by atoms with Gasteiger partial charge in [0, 0.05) is 15.6 Å². The summed E-state index contributed by atoms with van der Waals surface area (Å²) in [5.41, 5.74) is 3.55. The van der Waals surface area contributed by atoms with Crippen molar-refractivity contribution in [3.8, 4) is 28.6 Å². The van der Waals surface area contributed by atoms with Crippen LogP contribution in [-0.4, -0.2) is 49.3 Å². The molecule has 0 atom stereocenters. The SMILES string of the molecule is CCOC(=O)COc1cc(Br)c(C=Nn2c(-c3cc(C(C)C)c(OC)cc3C)nc3ccccc3c2=O)cc1OC. The Balaban J connectivity index is 1.85. The predicted molar refractivity (Wildman–Crippen MR) is 163 cm³/mol. The second-order valence-electron chi connectivity index (χ2n) is 9.50. The minimum atomic E-state index is -0.485. The first-order valence-electron chi connectivity index (χ1n) is 13.1. The van der Waals surface area contributed by atoms with Gasteiger partial charge in [0.05, 0.1) is 37.9 Å². The van der Waals surface area contributed by atoms with Crippen molar-refractivity contribution in [2.75, 3.05) is 27.4 Å². The molecule has 0 aliphatic carbocycles. The van der Waals surface area contributed by atoms with Crippen LogP contribution >= 0.6 is 15.9 Å². The lowest BCUT2D eigenvalue weighted by atomic mass is 9.96. The monoisotopic (exact) mass is 621 g/mol. The number of methoxy groups -OCH3 is 2. The summed E-state index contributed by atoms with van der Waals surface area (Å²) in [5.74, 6) is 1.62. The number of esters is 1. The zero-order chi connectivity index (χ0) is 29.7. The fourth-order valence-electron chi connectivity index (χ4n) is 4.35. The summed E-state index contributed by atoms with van der Waals surface area (Å²) in [6.07, 6.45) is 1.55. The van der Waals surface area contributed by atoms with Gasteiger partial charge in [0.2, 0.25) is 0 Å². The van der Waals surface area contributed by atoms with Crippen LogP contribution in [-0.2, 0) is 9.53 Å². The third-order valence-electron chi connectivity index (χ3n) is 6.44. The predicted octanol–water partition coefficient (Wildman–Crippen LogP) is 6.10. The quantitative estimate of drug-likeness (QED) is 0.156. The Morgan fingerprint density at radius 2 is 1.80 bits per heavy atom. The molecule has 0 aliphatic heterocycles. The van der Waals surface area contributed by atoms with Crippen LogP contribution in [0, 0.1) is 6.92 Å². The number of benzene rings is 3. The van der Waals surface area contributed by atoms with Crippen LogP contribution in [0.25, 0.3) is 22.3 Å². The molecule has 0 amide bonds. The summed E-state index contributed by atoms with van der Waals surface area (Å²) in [6, 6.07) is 14.5. The van der Waals surface area contributed by atoms with Gasteiger partial charge in [-0.1, -0.05) is 26.0 Å². The van der Waals surface area contributed by atoms with E-state index in [1.807, 2.05) is 31.2 Å². The molecular weight excluding hydrogens is 590 g/mol. The number of rotatable bonds is 10. The normalized spacial score (nSPS) is 11.3. The van der Waals surface area contributed by atoms with Crippen molar-refractivity contribution in [2.45, 2.75) is 33.6 Å². The Morgan fingerprint density at radius 3 is 2.49 bits per heavy atom. The maximum Gasteiger partial charge on any atom is 0.344 e. The number of aromatic nitrogens is 2. The first kappa shape index (κ1) is 29.8. The molecule has 4 rings (SSSR count). The molecule has 0 unspecified atom stereocenters. The van der Waals surface area contributed by atoms with E-state index in [0.717, 1.165) is 22.4 Å². The lowest BCUT2D eigenvalue weighted by Gasteiger charge is -2.17. The van der Waals surface area contributed by atoms with E-state index in [9.17, 15) is 9.59 Å². The summed E-state index contributed by atoms with van der Waals surface area (Å²) >= 11 is 3.54. The Bertz CT molecular complexity index is 1680. The van der Waals surface area contributed by atoms with E-state index in [2.05, 4.69) is 34.9 Å². The highest BCUT2D eigenvalue weighted by molar-refractivity contribution is 9.10. The minimum absolute atomic E-state index is 0.182. The van der Waals surface area contributed by atoms with Gasteiger partial charge in [-0.2, -0.15) is 9.78 Å². The van der Waals surface area contributed by atoms with E-state index in [-0.39, 0.29) is 24.7 Å². The summed E-state index contributed by atoms with van der Waals surface area (Å²) in [7, 11) is 3.14. The molecule has 0 bridgehead atoms. The second kappa shape index (κ2) is 13.0. The van der Waals surface area contributed by atoms with Crippen LogP contribution in [0.3, 0.4) is 0 Å². The third kappa shape index (κ3) is 6.43. The fourth-order valence-corrected chi connectivity index (χ4v) is 4.78. The summed E-state index contributed by atoms with van der Waals surface area (Å²) in [5, 5.41) is 5.06. The van der Waals surface area contributed by atoms with Crippen LogP contribution in [0.4, 0.5) is 0 Å². The van der Waals surface area contributed by atoms with E-state index in [1.54, 1.807) is 44.5 Å². The van der Waals surface area contributed by atoms with E-state index >= 15 is 0 Å². The number of halogens is 1. The lowest BCUT2D eigenvalue weighted by molar-refractivity contribution is -0.145. The maximum atomic E-state index is 13.7. The van der Waals surface area contributed by atoms with E-state index in [1.165, 1.54) is 11.8 Å². The maximum absolute atomic E-state index is 13.7. The molecule has 3 aromatic carbocycles. The van der Waals surface area contributed by atoms with Gasteiger partial charge >= 0.3 is 5.97 Å². The van der Waals surface area contributed by atoms with Crippen LogP contribution < -0.4 is 19.8 Å². The van der Waals surface area contributed by atoms with Crippen LogP contribution in [0.2, 0.25) is 0 Å². The Hall–Kier alpha value is -4.18. The minimum Gasteiger partial charge on any atom is -0.496 e. The Labute approximate surface area is 246 Å². The van der Waals surface area contributed by atoms with Gasteiger partial charge in [-0.15, -0.1) is 0 Å². The zero-order valence-corrected chi connectivity index (χ0v) is 25.4. The fraction of sp³-hybridized carbons (Fsp3) is 0.290. The molecule has 10 heteroatoms. The van der Waals surface area contributed by atoms with Crippen molar-refractivity contribution in [2.24, 2.45) is 5.10 Å². The number of para-hydroxylation sites is 1. The summed E-state index contributed by atoms with van der Waals surface area (Å²) < 4.78 is 23.6. The van der Waals surface area contributed by atoms with Crippen molar-refractivity contribution < 1.29 is 23.7 Å². The highest BCUT2D eigenvalue weighted by Gasteiger charge is 2.19. The average Bonchev–Trinajstić information content (AvgIpc) is 2.96. The molecule has 0 fully saturated rings. The highest BCUT2D eigenvalue weighted by atomic mass is 79.9. The number of fused-ring (bicyclic) bond motifs is 1. The molecular formula is C31H32BrN3O6. The number of carbonyl (C=O) groups is 1. The molecule has 0 radical (unpaired) electrons. The molecule has 0 aliphatic rings. The van der Waals surface area contributed by atoms with Gasteiger partial charge in [0.15, 0.2) is 23.9 Å². The molecule has 0 spiro atoms. The third-order valence-corrected chi connectivity index (χ3v) is 7.13. The first-order chi connectivity index (χ1) is 19.7. The summed E-state index contributed by atoms with van der Waals surface area (Å²) in [6.45, 7) is 7.85. The van der Waals surface area contributed by atoms with Crippen molar-refractivity contribution >= 4 is 39.0 Å². The van der Waals surface area contributed by atoms with Crippen LogP contribution in [0.1, 0.15) is 43.4 Å². The molecule has 214 valence electrons. The van der Waals surface area contributed by atoms with Crippen molar-refractivity contribution in [1.82, 2.24) is 9.66 Å². The van der Waals surface area contributed by atoms with Crippen LogP contribution in [0.5, 0.6) is 17.2 Å². The van der Waals surface area contributed by atoms with Crippen LogP contribution in [0.15, 0.2) is 62.9 Å². The van der Waals surface area contributed by atoms with E-state index < -0.39 is 5.97 Å². The molecule has 0 saturated heterocycles. The number of carbonyl (C=O) groups excluding carboxylic acids is 1. The number of hydrogen-bond donors (Lipinski definition) is 0. The van der Waals surface area contributed by atoms with E-state index in [4.69, 9.17) is 23.9 Å². The largest absolute Gasteiger partial charge is 0.496 e. The average molecular weight is 623 g/mol. The number of nitrogens with zero attached hydrogens (tertiary/aromatic N) is 3. The van der Waals surface area contributed by atoms with Gasteiger partial charge in [-0.3, -0.25) is 4.79 Å². The molecule has 1 aromatic heterocycles. The lowest BCUT2D eigenvalue weighted by Crippen LogP contribution is -2.21. The van der Waals surface area contributed by atoms with Gasteiger partial charge in [0.1, 0.15) is 5.75 Å². The van der Waals surface area contributed by atoms with Gasteiger partial charge in [-0.05, 0) is 83.2 Å². The summed E-state index contributed by atoms with van der Waals surface area (Å²) in [4.78, 5) is 30.4. The molecule has 0 saturated carbocycles. The number of hydrogen-bond acceptors (Lipinski definition) is 8. The van der Waals surface area contributed by atoms with Crippen molar-refractivity contribution in [3.63, 3.8) is 0 Å². The van der Waals surface area contributed by atoms with Gasteiger partial charge < -0.3 is 18.9 Å². The van der Waals surface area contributed by atoms with Gasteiger partial charge in [0.25, 0.3) is 5.56 Å². The number of ether oxygens (including phenoxy) is 4. The van der Waals surface area contributed by atoms with Crippen molar-refractivity contribution in [1.29, 1.82) is 0 Å². The molecule has 9 nitrogen and oxygen atoms in total. The van der Waals surface area contributed by atoms with Crippen molar-refractivity contribution in [3.05, 3.63) is 80.0 Å². The first-order valence-corrected chi connectivity index (χ1v) is 13.9. The Kier molecular flexibility index (Phi) is 9.44. The molecule has 1 heterocycles. The highest BCUT2D eigenvalue weighted by Crippen LogP contribution is 2.35. The molecule has 41 heavy (non-hydrogen) atoms. The topological polar surface area (TPSA) is 101 Å². The molecule has 4 aromatic rings. The molecule has 0 N–H and O–H groups in total. The second-order valence-corrected chi connectivity index (χ2v) is 10.4.